The summed E-state index contributed by atoms with van der Waals surface area (Å²) in [5, 5.41) is 20.3. The molecule has 0 fully saturated rings. The Bertz CT molecular complexity index is 1050. The minimum Gasteiger partial charge on any atom is -0.367 e. The summed E-state index contributed by atoms with van der Waals surface area (Å²) in [6, 6.07) is 22.9. The van der Waals surface area contributed by atoms with Crippen LogP contribution in [0.2, 0.25) is 0 Å². The van der Waals surface area contributed by atoms with Gasteiger partial charge in [0.05, 0.1) is 5.69 Å². The Morgan fingerprint density at radius 1 is 1.07 bits per heavy atom. The number of carbonyl (C=O) groups excluding carboxylic acids is 1. The molecule has 1 aromatic heterocycles. The Morgan fingerprint density at radius 3 is 2.31 bits per heavy atom. The first-order valence-electron chi connectivity index (χ1n) is 9.40. The van der Waals surface area contributed by atoms with Gasteiger partial charge >= 0.3 is 0 Å². The van der Waals surface area contributed by atoms with Crippen molar-refractivity contribution in [3.8, 4) is 6.07 Å². The van der Waals surface area contributed by atoms with Crippen molar-refractivity contribution in [1.29, 1.82) is 5.26 Å². The van der Waals surface area contributed by atoms with E-state index in [0.29, 0.717) is 17.9 Å². The van der Waals surface area contributed by atoms with E-state index in [0.717, 1.165) is 17.8 Å². The Hall–Kier alpha value is -3.85. The molecule has 3 rings (SSSR count). The van der Waals surface area contributed by atoms with Crippen LogP contribution in [-0.4, -0.2) is 22.2 Å². The lowest BCUT2D eigenvalue weighted by Crippen LogP contribution is -2.30. The van der Waals surface area contributed by atoms with Crippen LogP contribution in [0, 0.1) is 25.2 Å². The molecule has 0 unspecified atom stereocenters. The van der Waals surface area contributed by atoms with Crippen molar-refractivity contribution in [2.75, 3.05) is 6.54 Å². The molecule has 0 spiro atoms. The van der Waals surface area contributed by atoms with Crippen LogP contribution < -0.4 is 10.6 Å². The standard InChI is InChI=1S/C23H23N5O/c1-17-15-18(2)28(27-17)22(25-14-13-19-9-5-3-6-10-19)21(16-24)26-23(29)20-11-7-4-8-12-20/h3-12,15,25H,13-14H2,1-2H3,(H,26,29). The Labute approximate surface area is 170 Å². The quantitative estimate of drug-likeness (QED) is 0.611. The molecule has 0 atom stereocenters. The molecular formula is C23H23N5O. The highest BCUT2D eigenvalue weighted by Gasteiger charge is 2.16. The van der Waals surface area contributed by atoms with Crippen molar-refractivity contribution in [1.82, 2.24) is 20.4 Å². The van der Waals surface area contributed by atoms with Crippen LogP contribution in [-0.2, 0) is 6.42 Å². The molecule has 29 heavy (non-hydrogen) atoms. The predicted molar refractivity (Wildman–Crippen MR) is 113 cm³/mol. The van der Waals surface area contributed by atoms with Gasteiger partial charge in [0.25, 0.3) is 5.91 Å². The highest BCUT2D eigenvalue weighted by atomic mass is 16.1. The molecule has 2 N–H and O–H groups in total. The molecule has 1 heterocycles. The maximum absolute atomic E-state index is 12.6. The fourth-order valence-electron chi connectivity index (χ4n) is 3.01. The predicted octanol–water partition coefficient (Wildman–Crippen LogP) is 3.41. The number of nitrogens with zero attached hydrogens (tertiary/aromatic N) is 3. The van der Waals surface area contributed by atoms with E-state index in [9.17, 15) is 10.1 Å². The second-order valence-corrected chi connectivity index (χ2v) is 6.66. The van der Waals surface area contributed by atoms with Crippen molar-refractivity contribution in [2.45, 2.75) is 20.3 Å². The lowest BCUT2D eigenvalue weighted by atomic mass is 10.1. The van der Waals surface area contributed by atoms with Gasteiger partial charge in [-0.3, -0.25) is 4.79 Å². The maximum Gasteiger partial charge on any atom is 0.256 e. The molecule has 2 aromatic carbocycles. The molecule has 1 amide bonds. The Balaban J connectivity index is 1.88. The van der Waals surface area contributed by atoms with Crippen molar-refractivity contribution in [2.24, 2.45) is 0 Å². The zero-order valence-corrected chi connectivity index (χ0v) is 16.5. The third kappa shape index (κ3) is 5.11. The van der Waals surface area contributed by atoms with Gasteiger partial charge in [0, 0.05) is 17.8 Å². The van der Waals surface area contributed by atoms with Gasteiger partial charge in [0.15, 0.2) is 11.5 Å². The number of carbonyl (C=O) groups is 1. The minimum atomic E-state index is -0.342. The molecule has 0 radical (unpaired) electrons. The summed E-state index contributed by atoms with van der Waals surface area (Å²) in [5.41, 5.74) is 3.48. The zero-order chi connectivity index (χ0) is 20.6. The van der Waals surface area contributed by atoms with E-state index in [1.54, 1.807) is 28.9 Å². The third-order valence-corrected chi connectivity index (χ3v) is 4.39. The molecule has 146 valence electrons. The molecule has 0 aliphatic carbocycles. The van der Waals surface area contributed by atoms with Crippen molar-refractivity contribution < 1.29 is 4.79 Å². The molecule has 3 aromatic rings. The summed E-state index contributed by atoms with van der Waals surface area (Å²) in [7, 11) is 0. The molecule has 0 aliphatic rings. The van der Waals surface area contributed by atoms with E-state index in [4.69, 9.17) is 0 Å². The molecule has 0 saturated heterocycles. The van der Waals surface area contributed by atoms with Gasteiger partial charge in [0.2, 0.25) is 0 Å². The van der Waals surface area contributed by atoms with Gasteiger partial charge in [-0.15, -0.1) is 0 Å². The average molecular weight is 385 g/mol. The monoisotopic (exact) mass is 385 g/mol. The van der Waals surface area contributed by atoms with Crippen LogP contribution in [0.4, 0.5) is 0 Å². The van der Waals surface area contributed by atoms with Gasteiger partial charge in [-0.2, -0.15) is 10.4 Å². The fourth-order valence-corrected chi connectivity index (χ4v) is 3.01. The number of nitriles is 1. The fraction of sp³-hybridized carbons (Fsp3) is 0.174. The number of hydrogen-bond donors (Lipinski definition) is 2. The van der Waals surface area contributed by atoms with Gasteiger partial charge in [0.1, 0.15) is 6.07 Å². The van der Waals surface area contributed by atoms with Gasteiger partial charge < -0.3 is 10.6 Å². The maximum atomic E-state index is 12.6. The third-order valence-electron chi connectivity index (χ3n) is 4.39. The lowest BCUT2D eigenvalue weighted by molar-refractivity contribution is 0.0967. The number of aromatic nitrogens is 2. The molecular weight excluding hydrogens is 362 g/mol. The van der Waals surface area contributed by atoms with Crippen LogP contribution in [0.15, 0.2) is 72.4 Å². The SMILES string of the molecule is Cc1cc(C)n(C(NCCc2ccccc2)=C(C#N)NC(=O)c2ccccc2)n1. The van der Waals surface area contributed by atoms with E-state index in [1.807, 2.05) is 44.2 Å². The number of hydrogen-bond acceptors (Lipinski definition) is 4. The Kier molecular flexibility index (Phi) is 6.43. The first-order valence-corrected chi connectivity index (χ1v) is 9.40. The van der Waals surface area contributed by atoms with E-state index >= 15 is 0 Å². The summed E-state index contributed by atoms with van der Waals surface area (Å²) in [4.78, 5) is 12.6. The van der Waals surface area contributed by atoms with E-state index in [1.165, 1.54) is 5.56 Å². The van der Waals surface area contributed by atoms with E-state index in [-0.39, 0.29) is 11.6 Å². The zero-order valence-electron chi connectivity index (χ0n) is 16.5. The van der Waals surface area contributed by atoms with Crippen LogP contribution in [0.25, 0.3) is 5.82 Å². The van der Waals surface area contributed by atoms with E-state index < -0.39 is 0 Å². The van der Waals surface area contributed by atoms with Gasteiger partial charge in [-0.1, -0.05) is 48.5 Å². The van der Waals surface area contributed by atoms with Crippen molar-refractivity contribution in [3.63, 3.8) is 0 Å². The first kappa shape index (κ1) is 19.9. The largest absolute Gasteiger partial charge is 0.367 e. The number of nitrogens with one attached hydrogen (secondary N) is 2. The smallest absolute Gasteiger partial charge is 0.256 e. The second-order valence-electron chi connectivity index (χ2n) is 6.66. The van der Waals surface area contributed by atoms with E-state index in [2.05, 4.69) is 33.9 Å². The van der Waals surface area contributed by atoms with Crippen LogP contribution in [0.3, 0.4) is 0 Å². The number of allylic oxidation sites excluding steroid dienone is 1. The molecule has 6 nitrogen and oxygen atoms in total. The minimum absolute atomic E-state index is 0.123. The summed E-state index contributed by atoms with van der Waals surface area (Å²) >= 11 is 0. The highest BCUT2D eigenvalue weighted by molar-refractivity contribution is 5.96. The molecule has 6 heteroatoms. The van der Waals surface area contributed by atoms with Crippen molar-refractivity contribution >= 4 is 11.7 Å². The first-order chi connectivity index (χ1) is 14.1. The molecule has 0 aliphatic heterocycles. The summed E-state index contributed by atoms with van der Waals surface area (Å²) in [6.07, 6.45) is 0.773. The van der Waals surface area contributed by atoms with Gasteiger partial charge in [-0.05, 0) is 44.0 Å². The number of aryl methyl sites for hydroxylation is 2. The van der Waals surface area contributed by atoms with Crippen LogP contribution >= 0.6 is 0 Å². The normalized spacial score (nSPS) is 11.3. The summed E-state index contributed by atoms with van der Waals surface area (Å²) in [5.74, 6) is 0.115. The van der Waals surface area contributed by atoms with Gasteiger partial charge in [-0.25, -0.2) is 4.68 Å². The highest BCUT2D eigenvalue weighted by Crippen LogP contribution is 2.12. The lowest BCUT2D eigenvalue weighted by Gasteiger charge is -2.16. The van der Waals surface area contributed by atoms with Crippen LogP contribution in [0.5, 0.6) is 0 Å². The Morgan fingerprint density at radius 2 is 1.72 bits per heavy atom. The molecule has 0 saturated carbocycles. The topological polar surface area (TPSA) is 82.7 Å². The average Bonchev–Trinajstić information content (AvgIpc) is 3.08. The van der Waals surface area contributed by atoms with Crippen molar-refractivity contribution in [3.05, 3.63) is 94.9 Å². The molecule has 0 bridgehead atoms. The second kappa shape index (κ2) is 9.38. The number of amides is 1. The summed E-state index contributed by atoms with van der Waals surface area (Å²) < 4.78 is 1.66. The number of benzene rings is 2. The number of rotatable bonds is 7. The van der Waals surface area contributed by atoms with Crippen LogP contribution in [0.1, 0.15) is 27.3 Å². The summed E-state index contributed by atoms with van der Waals surface area (Å²) in [6.45, 7) is 4.39.